The number of amides is 2. The summed E-state index contributed by atoms with van der Waals surface area (Å²) in [5.74, 6) is 0.492. The zero-order valence-electron chi connectivity index (χ0n) is 19.1. The molecule has 1 saturated heterocycles. The van der Waals surface area contributed by atoms with Crippen LogP contribution in [0.1, 0.15) is 37.8 Å². The third kappa shape index (κ3) is 5.62. The average Bonchev–Trinajstić information content (AvgIpc) is 2.77. The van der Waals surface area contributed by atoms with E-state index in [0.29, 0.717) is 43.5 Å². The summed E-state index contributed by atoms with van der Waals surface area (Å²) in [4.78, 5) is 27.0. The number of carbonyl (C=O) groups excluding carboxylic acids is 2. The lowest BCUT2D eigenvalue weighted by molar-refractivity contribution is -0.135. The van der Waals surface area contributed by atoms with Crippen molar-refractivity contribution in [3.63, 3.8) is 0 Å². The number of likely N-dealkylation sites (tertiary alicyclic amines) is 1. The summed E-state index contributed by atoms with van der Waals surface area (Å²) in [6, 6.07) is 13.2. The Morgan fingerprint density at radius 3 is 2.48 bits per heavy atom. The molecule has 7 nitrogen and oxygen atoms in total. The van der Waals surface area contributed by atoms with Gasteiger partial charge in [-0.05, 0) is 60.4 Å². The van der Waals surface area contributed by atoms with Gasteiger partial charge in [0.25, 0.3) is 0 Å². The molecule has 2 aromatic rings. The summed E-state index contributed by atoms with van der Waals surface area (Å²) < 4.78 is 29.4. The van der Waals surface area contributed by atoms with Crippen LogP contribution in [0.25, 0.3) is 0 Å². The lowest BCUT2D eigenvalue weighted by atomic mass is 9.91. The van der Waals surface area contributed by atoms with E-state index in [4.69, 9.17) is 0 Å². The van der Waals surface area contributed by atoms with Gasteiger partial charge >= 0.3 is 0 Å². The molecule has 2 aliphatic rings. The van der Waals surface area contributed by atoms with E-state index in [2.05, 4.69) is 23.9 Å². The van der Waals surface area contributed by atoms with Crippen molar-refractivity contribution in [1.82, 2.24) is 9.62 Å². The fraction of sp³-hybridized carbons (Fsp3) is 0.440. The number of anilines is 1. The molecule has 33 heavy (non-hydrogen) atoms. The van der Waals surface area contributed by atoms with Crippen LogP contribution in [0.2, 0.25) is 0 Å². The third-order valence-corrected chi connectivity index (χ3v) is 7.81. The van der Waals surface area contributed by atoms with E-state index < -0.39 is 16.1 Å². The fourth-order valence-electron chi connectivity index (χ4n) is 4.87. The first-order valence-electron chi connectivity index (χ1n) is 11.5. The van der Waals surface area contributed by atoms with Gasteiger partial charge in [0.15, 0.2) is 0 Å². The van der Waals surface area contributed by atoms with E-state index >= 15 is 0 Å². The summed E-state index contributed by atoms with van der Waals surface area (Å²) in [6.45, 7) is 5.51. The number of benzene rings is 2. The van der Waals surface area contributed by atoms with Gasteiger partial charge in [-0.1, -0.05) is 44.2 Å². The third-order valence-electron chi connectivity index (χ3n) is 6.34. The number of carbonyl (C=O) groups is 2. The highest BCUT2D eigenvalue weighted by atomic mass is 32.2. The molecule has 2 amide bonds. The molecule has 1 fully saturated rings. The largest absolute Gasteiger partial charge is 0.341 e. The molecule has 2 heterocycles. The molecule has 2 aliphatic heterocycles. The molecule has 3 unspecified atom stereocenters. The van der Waals surface area contributed by atoms with Crippen LogP contribution in [0.5, 0.6) is 0 Å². The van der Waals surface area contributed by atoms with Gasteiger partial charge in [0.1, 0.15) is 6.04 Å². The minimum Gasteiger partial charge on any atom is -0.341 e. The van der Waals surface area contributed by atoms with Crippen molar-refractivity contribution in [1.29, 1.82) is 0 Å². The zero-order chi connectivity index (χ0) is 23.6. The van der Waals surface area contributed by atoms with Gasteiger partial charge in [-0.3, -0.25) is 9.59 Å². The van der Waals surface area contributed by atoms with Crippen molar-refractivity contribution in [3.05, 3.63) is 59.7 Å². The van der Waals surface area contributed by atoms with E-state index in [1.165, 1.54) is 6.07 Å². The maximum atomic E-state index is 13.5. The van der Waals surface area contributed by atoms with Crippen LogP contribution < -0.4 is 10.0 Å². The Balaban J connectivity index is 1.60. The maximum Gasteiger partial charge on any atom is 0.241 e. The summed E-state index contributed by atoms with van der Waals surface area (Å²) in [7, 11) is -3.95. The van der Waals surface area contributed by atoms with Crippen LogP contribution in [0.4, 0.5) is 5.69 Å². The number of piperidine rings is 1. The Morgan fingerprint density at radius 2 is 1.79 bits per heavy atom. The molecule has 2 N–H and O–H groups in total. The second kappa shape index (κ2) is 9.65. The molecule has 8 heteroatoms. The molecular formula is C25H31N3O4S. The van der Waals surface area contributed by atoms with Crippen LogP contribution in [-0.2, 0) is 32.5 Å². The molecule has 0 bridgehead atoms. The molecule has 2 aromatic carbocycles. The van der Waals surface area contributed by atoms with Gasteiger partial charge in [0.05, 0.1) is 4.90 Å². The molecule has 3 atom stereocenters. The van der Waals surface area contributed by atoms with E-state index in [-0.39, 0.29) is 23.1 Å². The number of aryl methyl sites for hydroxylation is 1. The molecule has 176 valence electrons. The first-order chi connectivity index (χ1) is 15.7. The number of nitrogens with one attached hydrogen (secondary N) is 2. The topological polar surface area (TPSA) is 95.6 Å². The smallest absolute Gasteiger partial charge is 0.241 e. The van der Waals surface area contributed by atoms with Gasteiger partial charge in [-0.15, -0.1) is 0 Å². The van der Waals surface area contributed by atoms with E-state index in [1.54, 1.807) is 17.0 Å². The first kappa shape index (κ1) is 23.4. The Hall–Kier alpha value is -2.71. The molecular weight excluding hydrogens is 438 g/mol. The molecule has 0 radical (unpaired) electrons. The van der Waals surface area contributed by atoms with E-state index in [0.717, 1.165) is 17.5 Å². The normalized spacial score (nSPS) is 21.8. The fourth-order valence-corrected chi connectivity index (χ4v) is 6.11. The quantitative estimate of drug-likeness (QED) is 0.680. The molecule has 0 saturated carbocycles. The van der Waals surface area contributed by atoms with Crippen molar-refractivity contribution in [3.8, 4) is 0 Å². The van der Waals surface area contributed by atoms with Crippen molar-refractivity contribution in [2.24, 2.45) is 11.8 Å². The highest BCUT2D eigenvalue weighted by Gasteiger charge is 2.33. The van der Waals surface area contributed by atoms with E-state index in [1.807, 2.05) is 30.3 Å². The van der Waals surface area contributed by atoms with Gasteiger partial charge in [0, 0.05) is 25.2 Å². The Bertz CT molecular complexity index is 1120. The van der Waals surface area contributed by atoms with Crippen LogP contribution >= 0.6 is 0 Å². The highest BCUT2D eigenvalue weighted by Crippen LogP contribution is 2.26. The second-order valence-corrected chi connectivity index (χ2v) is 11.1. The monoisotopic (exact) mass is 469 g/mol. The summed E-state index contributed by atoms with van der Waals surface area (Å²) in [6.07, 6.45) is 2.15. The Morgan fingerprint density at radius 1 is 1.09 bits per heavy atom. The Labute approximate surface area is 195 Å². The van der Waals surface area contributed by atoms with Crippen molar-refractivity contribution in [2.75, 3.05) is 18.4 Å². The minimum atomic E-state index is -3.95. The zero-order valence-corrected chi connectivity index (χ0v) is 19.9. The van der Waals surface area contributed by atoms with Crippen molar-refractivity contribution in [2.45, 2.75) is 50.5 Å². The molecule has 0 aliphatic carbocycles. The lowest BCUT2D eigenvalue weighted by Gasteiger charge is -2.37. The predicted molar refractivity (Wildman–Crippen MR) is 127 cm³/mol. The average molecular weight is 470 g/mol. The van der Waals surface area contributed by atoms with E-state index in [9.17, 15) is 18.0 Å². The number of fused-ring (bicyclic) bond motifs is 1. The number of nitrogens with zero attached hydrogens (tertiary/aromatic N) is 1. The van der Waals surface area contributed by atoms with Gasteiger partial charge in [0.2, 0.25) is 21.8 Å². The summed E-state index contributed by atoms with van der Waals surface area (Å²) in [5.41, 5.74) is 2.31. The first-order valence-corrected chi connectivity index (χ1v) is 13.0. The van der Waals surface area contributed by atoms with Crippen molar-refractivity contribution < 1.29 is 18.0 Å². The van der Waals surface area contributed by atoms with Crippen LogP contribution in [0, 0.1) is 11.8 Å². The highest BCUT2D eigenvalue weighted by molar-refractivity contribution is 7.89. The van der Waals surface area contributed by atoms with Crippen LogP contribution in [0.3, 0.4) is 0 Å². The van der Waals surface area contributed by atoms with Gasteiger partial charge in [-0.25, -0.2) is 8.42 Å². The maximum absolute atomic E-state index is 13.5. The van der Waals surface area contributed by atoms with Crippen molar-refractivity contribution >= 4 is 27.5 Å². The lowest BCUT2D eigenvalue weighted by Crippen LogP contribution is -2.53. The second-order valence-electron chi connectivity index (χ2n) is 9.42. The number of hydrogen-bond acceptors (Lipinski definition) is 4. The molecule has 0 spiro atoms. The van der Waals surface area contributed by atoms with Gasteiger partial charge < -0.3 is 10.2 Å². The minimum absolute atomic E-state index is 0.0743. The predicted octanol–water partition coefficient (Wildman–Crippen LogP) is 2.97. The Kier molecular flexibility index (Phi) is 6.86. The summed E-state index contributed by atoms with van der Waals surface area (Å²) in [5, 5.41) is 2.77. The SMILES string of the molecule is CC1CC(C)CN(C(=O)C(Cc2ccccc2)NS(=O)(=O)c2ccc3c(c2)CCC(=O)N3)C1. The van der Waals surface area contributed by atoms with Crippen LogP contribution in [-0.4, -0.2) is 44.3 Å². The summed E-state index contributed by atoms with van der Waals surface area (Å²) >= 11 is 0. The number of hydrogen-bond donors (Lipinski definition) is 2. The van der Waals surface area contributed by atoms with Crippen LogP contribution in [0.15, 0.2) is 53.4 Å². The standard InChI is InChI=1S/C25H31N3O4S/c1-17-12-18(2)16-28(15-17)25(30)23(13-19-6-4-3-5-7-19)27-33(31,32)21-9-10-22-20(14-21)8-11-24(29)26-22/h3-7,9-10,14,17-18,23,27H,8,11-13,15-16H2,1-2H3,(H,26,29). The number of sulfonamides is 1. The number of rotatable bonds is 6. The molecule has 0 aromatic heterocycles. The molecule has 4 rings (SSSR count). The van der Waals surface area contributed by atoms with Gasteiger partial charge in [-0.2, -0.15) is 4.72 Å².